The first kappa shape index (κ1) is 13.4. The van der Waals surface area contributed by atoms with Crippen LogP contribution in [0.4, 0.5) is 4.39 Å². The van der Waals surface area contributed by atoms with Crippen LogP contribution in [-0.2, 0) is 0 Å². The van der Waals surface area contributed by atoms with Gasteiger partial charge in [0.1, 0.15) is 5.83 Å². The molecule has 0 amide bonds. The van der Waals surface area contributed by atoms with Crippen LogP contribution in [0.3, 0.4) is 0 Å². The summed E-state index contributed by atoms with van der Waals surface area (Å²) in [5.74, 6) is -0.267. The number of aliphatic hydroxyl groups excluding tert-OH is 1. The molecule has 1 rings (SSSR count). The van der Waals surface area contributed by atoms with Gasteiger partial charge in [0.15, 0.2) is 0 Å². The quantitative estimate of drug-likeness (QED) is 0.867. The summed E-state index contributed by atoms with van der Waals surface area (Å²) in [7, 11) is 0. The highest BCUT2D eigenvalue weighted by molar-refractivity contribution is 5.53. The Bertz CT molecular complexity index is 440. The van der Waals surface area contributed by atoms with E-state index in [1.165, 1.54) is 6.08 Å². The first-order chi connectivity index (χ1) is 7.99. The number of halogens is 1. The molecule has 0 unspecified atom stereocenters. The van der Waals surface area contributed by atoms with E-state index in [1.807, 2.05) is 6.07 Å². The maximum atomic E-state index is 13.9. The Balaban J connectivity index is 2.91. The normalized spacial score (nSPS) is 12.3. The molecule has 3 heteroatoms. The zero-order valence-corrected chi connectivity index (χ0v) is 10.1. The van der Waals surface area contributed by atoms with Gasteiger partial charge >= 0.3 is 0 Å². The smallest absolute Gasteiger partial charge is 0.106 e. The van der Waals surface area contributed by atoms with Crippen molar-refractivity contribution in [1.82, 2.24) is 0 Å². The van der Waals surface area contributed by atoms with Crippen LogP contribution in [0.2, 0.25) is 0 Å². The molecular formula is C14H16FNO. The Morgan fingerprint density at radius 1 is 1.41 bits per heavy atom. The van der Waals surface area contributed by atoms with Crippen molar-refractivity contribution in [3.8, 4) is 6.07 Å². The summed E-state index contributed by atoms with van der Waals surface area (Å²) in [6.45, 7) is 3.46. The van der Waals surface area contributed by atoms with E-state index in [2.05, 4.69) is 0 Å². The van der Waals surface area contributed by atoms with Crippen LogP contribution in [0, 0.1) is 16.7 Å². The zero-order valence-electron chi connectivity index (χ0n) is 10.1. The van der Waals surface area contributed by atoms with Gasteiger partial charge in [0.2, 0.25) is 0 Å². The van der Waals surface area contributed by atoms with Crippen LogP contribution in [-0.4, -0.2) is 11.7 Å². The predicted molar refractivity (Wildman–Crippen MR) is 65.7 cm³/mol. The lowest BCUT2D eigenvalue weighted by Gasteiger charge is -2.21. The molecule has 0 aliphatic carbocycles. The van der Waals surface area contributed by atoms with Crippen molar-refractivity contribution in [3.63, 3.8) is 0 Å². The fraction of sp³-hybridized carbons (Fsp3) is 0.357. The molecule has 90 valence electrons. The van der Waals surface area contributed by atoms with Crippen LogP contribution in [0.1, 0.15) is 31.4 Å². The molecule has 0 saturated heterocycles. The lowest BCUT2D eigenvalue weighted by Crippen LogP contribution is -2.13. The summed E-state index contributed by atoms with van der Waals surface area (Å²) < 4.78 is 13.9. The first-order valence-corrected chi connectivity index (χ1v) is 5.48. The van der Waals surface area contributed by atoms with Crippen molar-refractivity contribution in [3.05, 3.63) is 41.2 Å². The van der Waals surface area contributed by atoms with Crippen LogP contribution < -0.4 is 0 Å². The standard InChI is InChI=1S/C14H16FNO/c1-14(2,7-8-17)13(15)9-11-3-5-12(10-16)6-4-11/h3-6,9,17H,7-8H2,1-2H3/b13-9-. The summed E-state index contributed by atoms with van der Waals surface area (Å²) >= 11 is 0. The Hall–Kier alpha value is -1.66. The molecule has 0 aromatic heterocycles. The van der Waals surface area contributed by atoms with E-state index in [4.69, 9.17) is 10.4 Å². The number of nitriles is 1. The van der Waals surface area contributed by atoms with Crippen molar-refractivity contribution >= 4 is 6.08 Å². The van der Waals surface area contributed by atoms with Crippen LogP contribution in [0.25, 0.3) is 6.08 Å². The second kappa shape index (κ2) is 5.60. The topological polar surface area (TPSA) is 44.0 Å². The second-order valence-electron chi connectivity index (χ2n) is 4.58. The average Bonchev–Trinajstić information content (AvgIpc) is 2.30. The molecule has 1 aromatic carbocycles. The van der Waals surface area contributed by atoms with Crippen molar-refractivity contribution in [2.45, 2.75) is 20.3 Å². The third kappa shape index (κ3) is 3.69. The number of hydrogen-bond acceptors (Lipinski definition) is 2. The highest BCUT2D eigenvalue weighted by atomic mass is 19.1. The SMILES string of the molecule is CC(C)(CCO)/C(F)=C/c1ccc(C#N)cc1. The fourth-order valence-electron chi connectivity index (χ4n) is 1.39. The van der Waals surface area contributed by atoms with Crippen LogP contribution in [0.5, 0.6) is 0 Å². The van der Waals surface area contributed by atoms with Crippen LogP contribution >= 0.6 is 0 Å². The van der Waals surface area contributed by atoms with Gasteiger partial charge in [-0.3, -0.25) is 0 Å². The van der Waals surface area contributed by atoms with Crippen molar-refractivity contribution < 1.29 is 9.50 Å². The molecule has 1 aromatic rings. The van der Waals surface area contributed by atoms with Gasteiger partial charge in [0, 0.05) is 12.0 Å². The van der Waals surface area contributed by atoms with E-state index < -0.39 is 5.41 Å². The molecule has 0 spiro atoms. The molecule has 0 bridgehead atoms. The number of aliphatic hydroxyl groups is 1. The Morgan fingerprint density at radius 2 is 2.00 bits per heavy atom. The molecule has 1 N–H and O–H groups in total. The fourth-order valence-corrected chi connectivity index (χ4v) is 1.39. The average molecular weight is 233 g/mol. The third-order valence-corrected chi connectivity index (χ3v) is 2.72. The highest BCUT2D eigenvalue weighted by Gasteiger charge is 2.22. The number of allylic oxidation sites excluding steroid dienone is 1. The summed E-state index contributed by atoms with van der Waals surface area (Å²) in [5, 5.41) is 17.5. The molecule has 2 nitrogen and oxygen atoms in total. The van der Waals surface area contributed by atoms with Gasteiger partial charge in [0.05, 0.1) is 11.6 Å². The van der Waals surface area contributed by atoms with E-state index in [1.54, 1.807) is 38.1 Å². The molecule has 0 saturated carbocycles. The molecular weight excluding hydrogens is 217 g/mol. The minimum Gasteiger partial charge on any atom is -0.396 e. The van der Waals surface area contributed by atoms with E-state index in [0.29, 0.717) is 17.5 Å². The summed E-state index contributed by atoms with van der Waals surface area (Å²) in [6.07, 6.45) is 1.82. The first-order valence-electron chi connectivity index (χ1n) is 5.48. The minimum atomic E-state index is -0.664. The molecule has 0 aliphatic heterocycles. The number of benzene rings is 1. The van der Waals surface area contributed by atoms with E-state index >= 15 is 0 Å². The maximum Gasteiger partial charge on any atom is 0.106 e. The van der Waals surface area contributed by atoms with E-state index in [0.717, 1.165) is 0 Å². The molecule has 0 atom stereocenters. The Morgan fingerprint density at radius 3 is 2.47 bits per heavy atom. The molecule has 0 radical (unpaired) electrons. The number of nitrogens with zero attached hydrogens (tertiary/aromatic N) is 1. The van der Waals surface area contributed by atoms with Gasteiger partial charge in [-0.15, -0.1) is 0 Å². The second-order valence-corrected chi connectivity index (χ2v) is 4.58. The van der Waals surface area contributed by atoms with E-state index in [9.17, 15) is 4.39 Å². The highest BCUT2D eigenvalue weighted by Crippen LogP contribution is 2.32. The van der Waals surface area contributed by atoms with Crippen molar-refractivity contribution in [2.24, 2.45) is 5.41 Å². The summed E-state index contributed by atoms with van der Waals surface area (Å²) in [5.41, 5.74) is 0.604. The van der Waals surface area contributed by atoms with Gasteiger partial charge in [0.25, 0.3) is 0 Å². The van der Waals surface area contributed by atoms with Gasteiger partial charge in [-0.05, 0) is 30.2 Å². The van der Waals surface area contributed by atoms with Gasteiger partial charge in [-0.1, -0.05) is 26.0 Å². The Kier molecular flexibility index (Phi) is 4.42. The predicted octanol–water partition coefficient (Wildman–Crippen LogP) is 3.28. The maximum absolute atomic E-state index is 13.9. The molecule has 0 aliphatic rings. The molecule has 0 heterocycles. The lowest BCUT2D eigenvalue weighted by atomic mass is 9.87. The van der Waals surface area contributed by atoms with Crippen molar-refractivity contribution in [1.29, 1.82) is 5.26 Å². The Labute approximate surface area is 101 Å². The third-order valence-electron chi connectivity index (χ3n) is 2.72. The number of rotatable bonds is 4. The molecule has 17 heavy (non-hydrogen) atoms. The van der Waals surface area contributed by atoms with Crippen LogP contribution in [0.15, 0.2) is 30.1 Å². The number of hydrogen-bond donors (Lipinski definition) is 1. The monoisotopic (exact) mass is 233 g/mol. The summed E-state index contributed by atoms with van der Waals surface area (Å²) in [4.78, 5) is 0. The van der Waals surface area contributed by atoms with Gasteiger partial charge < -0.3 is 5.11 Å². The zero-order chi connectivity index (χ0) is 12.9. The van der Waals surface area contributed by atoms with Crippen molar-refractivity contribution in [2.75, 3.05) is 6.61 Å². The summed E-state index contributed by atoms with van der Waals surface area (Å²) in [6, 6.07) is 8.72. The largest absolute Gasteiger partial charge is 0.396 e. The molecule has 0 fully saturated rings. The van der Waals surface area contributed by atoms with Gasteiger partial charge in [-0.2, -0.15) is 5.26 Å². The van der Waals surface area contributed by atoms with Gasteiger partial charge in [-0.25, -0.2) is 4.39 Å². The lowest BCUT2D eigenvalue weighted by molar-refractivity contribution is 0.216. The van der Waals surface area contributed by atoms with E-state index in [-0.39, 0.29) is 12.4 Å². The minimum absolute atomic E-state index is 0.0400.